The number of halogens is 1. The van der Waals surface area contributed by atoms with E-state index in [4.69, 9.17) is 21.1 Å². The average molecular weight is 330 g/mol. The van der Waals surface area contributed by atoms with Crippen molar-refractivity contribution in [2.45, 2.75) is 5.88 Å². The molecule has 1 aromatic heterocycles. The monoisotopic (exact) mass is 329 g/mol. The van der Waals surface area contributed by atoms with Crippen LogP contribution in [-0.2, 0) is 5.88 Å². The number of rotatable bonds is 5. The summed E-state index contributed by atoms with van der Waals surface area (Å²) in [6, 6.07) is 15.3. The number of aromatic nitrogens is 3. The van der Waals surface area contributed by atoms with Crippen LogP contribution in [0.25, 0.3) is 17.1 Å². The number of ether oxygens (including phenoxy) is 2. The molecular formula is C17H16ClN3O2. The van der Waals surface area contributed by atoms with Crippen molar-refractivity contribution in [3.05, 3.63) is 54.4 Å². The van der Waals surface area contributed by atoms with E-state index in [0.29, 0.717) is 5.82 Å². The van der Waals surface area contributed by atoms with E-state index in [0.717, 1.165) is 28.6 Å². The second kappa shape index (κ2) is 6.71. The number of benzene rings is 2. The zero-order valence-corrected chi connectivity index (χ0v) is 13.6. The zero-order valence-electron chi connectivity index (χ0n) is 12.9. The predicted molar refractivity (Wildman–Crippen MR) is 89.5 cm³/mol. The summed E-state index contributed by atoms with van der Waals surface area (Å²) in [5.74, 6) is 3.15. The van der Waals surface area contributed by atoms with Gasteiger partial charge in [-0.2, -0.15) is 0 Å². The molecule has 0 unspecified atom stereocenters. The van der Waals surface area contributed by atoms with Crippen molar-refractivity contribution < 1.29 is 9.47 Å². The molecule has 3 rings (SSSR count). The molecule has 6 heteroatoms. The fraction of sp³-hybridized carbons (Fsp3) is 0.176. The van der Waals surface area contributed by atoms with Gasteiger partial charge in [0.2, 0.25) is 0 Å². The van der Waals surface area contributed by atoms with Crippen LogP contribution in [0, 0.1) is 0 Å². The van der Waals surface area contributed by atoms with Crippen molar-refractivity contribution in [3.63, 3.8) is 0 Å². The fourth-order valence-corrected chi connectivity index (χ4v) is 2.35. The Bertz CT molecular complexity index is 718. The minimum atomic E-state index is 0.256. The molecule has 0 aliphatic carbocycles. The first-order chi connectivity index (χ1) is 11.2. The Morgan fingerprint density at radius 2 is 1.48 bits per heavy atom. The molecule has 3 aromatic rings. The van der Waals surface area contributed by atoms with Gasteiger partial charge in [0, 0.05) is 5.56 Å². The highest BCUT2D eigenvalue weighted by Crippen LogP contribution is 2.25. The van der Waals surface area contributed by atoms with Crippen LogP contribution in [0.5, 0.6) is 11.5 Å². The first-order valence-electron chi connectivity index (χ1n) is 7.06. The summed E-state index contributed by atoms with van der Waals surface area (Å²) in [5, 5.41) is 4.47. The topological polar surface area (TPSA) is 49.2 Å². The highest BCUT2D eigenvalue weighted by molar-refractivity contribution is 6.16. The van der Waals surface area contributed by atoms with Gasteiger partial charge in [0.15, 0.2) is 11.6 Å². The Hall–Kier alpha value is -2.53. The maximum atomic E-state index is 5.90. The van der Waals surface area contributed by atoms with Gasteiger partial charge in [-0.15, -0.1) is 16.7 Å². The lowest BCUT2D eigenvalue weighted by atomic mass is 10.2. The highest BCUT2D eigenvalue weighted by atomic mass is 35.5. The van der Waals surface area contributed by atoms with Crippen molar-refractivity contribution in [3.8, 4) is 28.6 Å². The van der Waals surface area contributed by atoms with Crippen molar-refractivity contribution in [1.82, 2.24) is 14.8 Å². The van der Waals surface area contributed by atoms with E-state index in [1.165, 1.54) is 0 Å². The molecule has 0 atom stereocenters. The third-order valence-electron chi connectivity index (χ3n) is 3.44. The normalized spacial score (nSPS) is 10.6. The SMILES string of the molecule is COc1ccc(-c2nc(CCl)nn2-c2ccc(OC)cc2)cc1. The fourth-order valence-electron chi connectivity index (χ4n) is 2.24. The number of alkyl halides is 1. The zero-order chi connectivity index (χ0) is 16.2. The smallest absolute Gasteiger partial charge is 0.166 e. The van der Waals surface area contributed by atoms with Crippen molar-refractivity contribution >= 4 is 11.6 Å². The lowest BCUT2D eigenvalue weighted by Crippen LogP contribution is -2.00. The molecule has 0 radical (unpaired) electrons. The first-order valence-corrected chi connectivity index (χ1v) is 7.59. The molecule has 23 heavy (non-hydrogen) atoms. The van der Waals surface area contributed by atoms with Crippen LogP contribution in [0.15, 0.2) is 48.5 Å². The summed E-state index contributed by atoms with van der Waals surface area (Å²) in [6.07, 6.45) is 0. The van der Waals surface area contributed by atoms with E-state index in [9.17, 15) is 0 Å². The Morgan fingerprint density at radius 1 is 0.913 bits per heavy atom. The first kappa shape index (κ1) is 15.4. The third-order valence-corrected chi connectivity index (χ3v) is 3.67. The van der Waals surface area contributed by atoms with Crippen LogP contribution in [0.2, 0.25) is 0 Å². The number of hydrogen-bond acceptors (Lipinski definition) is 4. The highest BCUT2D eigenvalue weighted by Gasteiger charge is 2.13. The van der Waals surface area contributed by atoms with Gasteiger partial charge >= 0.3 is 0 Å². The summed E-state index contributed by atoms with van der Waals surface area (Å²) in [5.41, 5.74) is 1.82. The molecule has 0 saturated carbocycles. The van der Waals surface area contributed by atoms with Crippen molar-refractivity contribution in [1.29, 1.82) is 0 Å². The molecule has 0 fully saturated rings. The standard InChI is InChI=1S/C17H16ClN3O2/c1-22-14-7-3-12(4-8-14)17-19-16(11-18)20-21(17)13-5-9-15(23-2)10-6-13/h3-10H,11H2,1-2H3. The van der Waals surface area contributed by atoms with Gasteiger partial charge < -0.3 is 9.47 Å². The van der Waals surface area contributed by atoms with Crippen LogP contribution >= 0.6 is 11.6 Å². The molecule has 0 saturated heterocycles. The Labute approximate surface area is 139 Å². The van der Waals surface area contributed by atoms with Gasteiger partial charge in [-0.05, 0) is 48.5 Å². The summed E-state index contributed by atoms with van der Waals surface area (Å²) in [6.45, 7) is 0. The predicted octanol–water partition coefficient (Wildman–Crippen LogP) is 3.69. The summed E-state index contributed by atoms with van der Waals surface area (Å²) >= 11 is 5.90. The quantitative estimate of drug-likeness (QED) is 0.670. The maximum Gasteiger partial charge on any atom is 0.166 e. The van der Waals surface area contributed by atoms with E-state index < -0.39 is 0 Å². The van der Waals surface area contributed by atoms with Crippen LogP contribution in [0.1, 0.15) is 5.82 Å². The summed E-state index contributed by atoms with van der Waals surface area (Å²) in [4.78, 5) is 4.52. The largest absolute Gasteiger partial charge is 0.497 e. The Morgan fingerprint density at radius 3 is 2.00 bits per heavy atom. The van der Waals surface area contributed by atoms with Gasteiger partial charge in [0.05, 0.1) is 25.8 Å². The minimum absolute atomic E-state index is 0.256. The van der Waals surface area contributed by atoms with Gasteiger partial charge in [0.25, 0.3) is 0 Å². The number of hydrogen-bond donors (Lipinski definition) is 0. The number of nitrogens with zero attached hydrogens (tertiary/aromatic N) is 3. The lowest BCUT2D eigenvalue weighted by Gasteiger charge is -2.07. The van der Waals surface area contributed by atoms with E-state index in [1.807, 2.05) is 48.5 Å². The Kier molecular flexibility index (Phi) is 4.48. The average Bonchev–Trinajstić information content (AvgIpc) is 3.06. The van der Waals surface area contributed by atoms with E-state index in [-0.39, 0.29) is 5.88 Å². The molecular weight excluding hydrogens is 314 g/mol. The molecule has 0 N–H and O–H groups in total. The Balaban J connectivity index is 2.06. The molecule has 0 amide bonds. The van der Waals surface area contributed by atoms with Crippen LogP contribution in [0.3, 0.4) is 0 Å². The molecule has 1 heterocycles. The molecule has 0 aliphatic rings. The summed E-state index contributed by atoms with van der Waals surface area (Å²) in [7, 11) is 3.28. The van der Waals surface area contributed by atoms with Crippen LogP contribution in [0.4, 0.5) is 0 Å². The molecule has 118 valence electrons. The maximum absolute atomic E-state index is 5.90. The van der Waals surface area contributed by atoms with Crippen molar-refractivity contribution in [2.75, 3.05) is 14.2 Å². The van der Waals surface area contributed by atoms with Crippen molar-refractivity contribution in [2.24, 2.45) is 0 Å². The number of methoxy groups -OCH3 is 2. The third kappa shape index (κ3) is 3.14. The van der Waals surface area contributed by atoms with Gasteiger partial charge in [0.1, 0.15) is 11.5 Å². The minimum Gasteiger partial charge on any atom is -0.497 e. The van der Waals surface area contributed by atoms with Crippen LogP contribution in [-0.4, -0.2) is 29.0 Å². The lowest BCUT2D eigenvalue weighted by molar-refractivity contribution is 0.414. The van der Waals surface area contributed by atoms with E-state index in [1.54, 1.807) is 18.9 Å². The van der Waals surface area contributed by atoms with E-state index >= 15 is 0 Å². The van der Waals surface area contributed by atoms with Gasteiger partial charge in [-0.1, -0.05) is 0 Å². The molecule has 0 aliphatic heterocycles. The molecule has 5 nitrogen and oxygen atoms in total. The molecule has 2 aromatic carbocycles. The van der Waals surface area contributed by atoms with E-state index in [2.05, 4.69) is 10.1 Å². The summed E-state index contributed by atoms with van der Waals surface area (Å²) < 4.78 is 12.2. The molecule has 0 spiro atoms. The van der Waals surface area contributed by atoms with Crippen LogP contribution < -0.4 is 9.47 Å². The second-order valence-electron chi connectivity index (χ2n) is 4.82. The van der Waals surface area contributed by atoms with Gasteiger partial charge in [-0.25, -0.2) is 9.67 Å². The molecule has 0 bridgehead atoms. The van der Waals surface area contributed by atoms with Gasteiger partial charge in [-0.3, -0.25) is 0 Å². The second-order valence-corrected chi connectivity index (χ2v) is 5.09.